The topological polar surface area (TPSA) is 27.3 Å². The Labute approximate surface area is 157 Å². The number of thiocarbonyl (C=S) groups is 1. The summed E-state index contributed by atoms with van der Waals surface area (Å²) in [5.41, 5.74) is 1.000. The first kappa shape index (κ1) is 20.2. The molecule has 0 saturated heterocycles. The molecule has 2 N–H and O–H groups in total. The largest absolute Gasteiger partial charge is 0.416 e. The van der Waals surface area contributed by atoms with Crippen molar-refractivity contribution in [3.05, 3.63) is 59.7 Å². The first-order chi connectivity index (χ1) is 12.2. The molecule has 0 fully saturated rings. The zero-order chi connectivity index (χ0) is 19.2. The van der Waals surface area contributed by atoms with Crippen LogP contribution in [0, 0.1) is 6.07 Å². The Bertz CT molecular complexity index is 731. The highest BCUT2D eigenvalue weighted by Crippen LogP contribution is 2.32. The van der Waals surface area contributed by atoms with Crippen molar-refractivity contribution >= 4 is 28.7 Å². The summed E-state index contributed by atoms with van der Waals surface area (Å²) < 4.78 is 39.6. The van der Waals surface area contributed by atoms with E-state index in [2.05, 4.69) is 16.7 Å². The molecule has 0 amide bonds. The number of nitrogens with zero attached hydrogens (tertiary/aromatic N) is 1. The van der Waals surface area contributed by atoms with E-state index in [4.69, 9.17) is 12.2 Å². The van der Waals surface area contributed by atoms with Crippen LogP contribution in [0.1, 0.15) is 17.5 Å². The monoisotopic (exact) mass is 380 g/mol. The standard InChI is InChI=1S/C19H21F3N3S/c1-25(2)10-6-7-14-11-15(19(20,21)22)13-17(12-14)24-18(26)23-16-8-4-3-5-9-16/h4-5,8-9,11-13H,6-7,10H2,1-2H3,(H2,23,24,26). The van der Waals surface area contributed by atoms with Gasteiger partial charge in [-0.05, 0) is 87.7 Å². The number of anilines is 2. The molecular formula is C19H21F3N3S. The van der Waals surface area contributed by atoms with Crippen molar-refractivity contribution in [3.63, 3.8) is 0 Å². The second-order valence-electron chi connectivity index (χ2n) is 6.19. The number of halogens is 3. The molecule has 0 aliphatic carbocycles. The van der Waals surface area contributed by atoms with Gasteiger partial charge in [-0.2, -0.15) is 13.2 Å². The van der Waals surface area contributed by atoms with Gasteiger partial charge in [0, 0.05) is 11.4 Å². The number of hydrogen-bond acceptors (Lipinski definition) is 2. The smallest absolute Gasteiger partial charge is 0.332 e. The van der Waals surface area contributed by atoms with Crippen molar-refractivity contribution in [2.75, 3.05) is 31.3 Å². The minimum atomic E-state index is -4.40. The van der Waals surface area contributed by atoms with E-state index in [9.17, 15) is 13.2 Å². The molecule has 0 unspecified atom stereocenters. The number of alkyl halides is 3. The summed E-state index contributed by atoms with van der Waals surface area (Å²) in [6.07, 6.45) is -3.07. The van der Waals surface area contributed by atoms with Gasteiger partial charge in [-0.25, -0.2) is 0 Å². The predicted octanol–water partition coefficient (Wildman–Crippen LogP) is 4.81. The summed E-state index contributed by atoms with van der Waals surface area (Å²) in [4.78, 5) is 2.00. The van der Waals surface area contributed by atoms with E-state index in [1.165, 1.54) is 6.07 Å². The first-order valence-corrected chi connectivity index (χ1v) is 8.55. The molecule has 7 heteroatoms. The quantitative estimate of drug-likeness (QED) is 0.704. The van der Waals surface area contributed by atoms with E-state index in [1.807, 2.05) is 19.0 Å². The highest BCUT2D eigenvalue weighted by atomic mass is 32.1. The van der Waals surface area contributed by atoms with Gasteiger partial charge in [0.25, 0.3) is 0 Å². The van der Waals surface area contributed by atoms with Crippen molar-refractivity contribution in [3.8, 4) is 0 Å². The molecule has 0 spiro atoms. The maximum atomic E-state index is 13.2. The summed E-state index contributed by atoms with van der Waals surface area (Å²) in [6.45, 7) is 0.810. The minimum Gasteiger partial charge on any atom is -0.332 e. The Morgan fingerprint density at radius 2 is 1.73 bits per heavy atom. The lowest BCUT2D eigenvalue weighted by molar-refractivity contribution is -0.137. The van der Waals surface area contributed by atoms with Gasteiger partial charge in [0.2, 0.25) is 0 Å². The van der Waals surface area contributed by atoms with Gasteiger partial charge in [-0.15, -0.1) is 0 Å². The van der Waals surface area contributed by atoms with Gasteiger partial charge in [0.1, 0.15) is 0 Å². The second kappa shape index (κ2) is 9.00. The molecule has 0 heterocycles. The maximum Gasteiger partial charge on any atom is 0.416 e. The fourth-order valence-corrected chi connectivity index (χ4v) is 2.67. The van der Waals surface area contributed by atoms with Crippen LogP contribution in [-0.4, -0.2) is 30.7 Å². The minimum absolute atomic E-state index is 0.231. The van der Waals surface area contributed by atoms with E-state index < -0.39 is 11.7 Å². The lowest BCUT2D eigenvalue weighted by Crippen LogP contribution is -2.20. The highest BCUT2D eigenvalue weighted by molar-refractivity contribution is 7.80. The van der Waals surface area contributed by atoms with Crippen LogP contribution in [0.5, 0.6) is 0 Å². The molecule has 0 aliphatic heterocycles. The fourth-order valence-electron chi connectivity index (χ4n) is 2.44. The van der Waals surface area contributed by atoms with Crippen LogP contribution in [0.3, 0.4) is 0 Å². The molecule has 3 nitrogen and oxygen atoms in total. The van der Waals surface area contributed by atoms with E-state index in [0.29, 0.717) is 17.7 Å². The van der Waals surface area contributed by atoms with E-state index in [0.717, 1.165) is 24.7 Å². The van der Waals surface area contributed by atoms with Crippen molar-refractivity contribution < 1.29 is 13.2 Å². The van der Waals surface area contributed by atoms with Gasteiger partial charge in [0.15, 0.2) is 5.11 Å². The molecule has 2 rings (SSSR count). The zero-order valence-electron chi connectivity index (χ0n) is 14.7. The molecule has 139 valence electrons. The van der Waals surface area contributed by atoms with Crippen molar-refractivity contribution in [1.29, 1.82) is 0 Å². The number of aryl methyl sites for hydroxylation is 1. The SMILES string of the molecule is CN(C)CCCc1cc(NC(=S)Nc2cc[c]cc2)cc(C(F)(F)F)c1. The van der Waals surface area contributed by atoms with Crippen LogP contribution in [0.15, 0.2) is 42.5 Å². The zero-order valence-corrected chi connectivity index (χ0v) is 15.5. The summed E-state index contributed by atoms with van der Waals surface area (Å²) in [5, 5.41) is 6.01. The molecule has 1 radical (unpaired) electrons. The molecule has 2 aromatic rings. The predicted molar refractivity (Wildman–Crippen MR) is 103 cm³/mol. The first-order valence-electron chi connectivity index (χ1n) is 8.14. The molecule has 26 heavy (non-hydrogen) atoms. The molecule has 0 aliphatic rings. The molecular weight excluding hydrogens is 359 g/mol. The van der Waals surface area contributed by atoms with Gasteiger partial charge in [-0.1, -0.05) is 12.1 Å². The summed E-state index contributed by atoms with van der Waals surface area (Å²) >= 11 is 5.20. The molecule has 0 saturated carbocycles. The maximum absolute atomic E-state index is 13.2. The van der Waals surface area contributed by atoms with E-state index >= 15 is 0 Å². The average Bonchev–Trinajstić information content (AvgIpc) is 2.54. The van der Waals surface area contributed by atoms with Crippen LogP contribution in [0.25, 0.3) is 0 Å². The summed E-state index contributed by atoms with van der Waals surface area (Å²) in [7, 11) is 3.87. The normalized spacial score (nSPS) is 11.5. The Balaban J connectivity index is 2.13. The van der Waals surface area contributed by atoms with Crippen LogP contribution in [-0.2, 0) is 12.6 Å². The molecule has 0 bridgehead atoms. The van der Waals surface area contributed by atoms with Crippen molar-refractivity contribution in [2.45, 2.75) is 19.0 Å². The lowest BCUT2D eigenvalue weighted by Gasteiger charge is -2.15. The van der Waals surface area contributed by atoms with Crippen molar-refractivity contribution in [1.82, 2.24) is 4.90 Å². The summed E-state index contributed by atoms with van der Waals surface area (Å²) in [6, 6.07) is 13.8. The third kappa shape index (κ3) is 6.65. The van der Waals surface area contributed by atoms with Gasteiger partial charge in [0.05, 0.1) is 5.56 Å². The van der Waals surface area contributed by atoms with Gasteiger partial charge >= 0.3 is 6.18 Å². The molecule has 0 atom stereocenters. The van der Waals surface area contributed by atoms with Crippen LogP contribution >= 0.6 is 12.2 Å². The Kier molecular flexibility index (Phi) is 6.99. The third-order valence-electron chi connectivity index (χ3n) is 3.62. The van der Waals surface area contributed by atoms with E-state index in [1.54, 1.807) is 30.3 Å². The lowest BCUT2D eigenvalue weighted by atomic mass is 10.0. The summed E-state index contributed by atoms with van der Waals surface area (Å²) in [5.74, 6) is 0. The number of rotatable bonds is 6. The Morgan fingerprint density at radius 1 is 1.08 bits per heavy atom. The number of benzene rings is 2. The van der Waals surface area contributed by atoms with Crippen LogP contribution in [0.4, 0.5) is 24.5 Å². The Morgan fingerprint density at radius 3 is 2.35 bits per heavy atom. The van der Waals surface area contributed by atoms with E-state index in [-0.39, 0.29) is 5.11 Å². The number of hydrogen-bond donors (Lipinski definition) is 2. The van der Waals surface area contributed by atoms with Crippen molar-refractivity contribution in [2.24, 2.45) is 0 Å². The van der Waals surface area contributed by atoms with Gasteiger partial charge in [-0.3, -0.25) is 0 Å². The highest BCUT2D eigenvalue weighted by Gasteiger charge is 2.31. The molecule has 2 aromatic carbocycles. The second-order valence-corrected chi connectivity index (χ2v) is 6.60. The fraction of sp³-hybridized carbons (Fsp3) is 0.316. The average molecular weight is 380 g/mol. The van der Waals surface area contributed by atoms with Gasteiger partial charge < -0.3 is 15.5 Å². The third-order valence-corrected chi connectivity index (χ3v) is 3.83. The number of nitrogens with one attached hydrogen (secondary N) is 2. The van der Waals surface area contributed by atoms with Crippen LogP contribution in [0.2, 0.25) is 0 Å². The Hall–Kier alpha value is -2.12. The van der Waals surface area contributed by atoms with Crippen LogP contribution < -0.4 is 10.6 Å². The molecule has 0 aromatic heterocycles.